The molecule has 0 atom stereocenters. The van der Waals surface area contributed by atoms with E-state index < -0.39 is 0 Å². The van der Waals surface area contributed by atoms with Crippen molar-refractivity contribution in [1.82, 2.24) is 14.8 Å². The molecule has 0 unspecified atom stereocenters. The van der Waals surface area contributed by atoms with Crippen LogP contribution in [0.15, 0.2) is 17.8 Å². The van der Waals surface area contributed by atoms with Crippen LogP contribution in [0.3, 0.4) is 0 Å². The molecule has 2 heterocycles. The van der Waals surface area contributed by atoms with Gasteiger partial charge in [-0.1, -0.05) is 0 Å². The number of amides is 1. The van der Waals surface area contributed by atoms with E-state index in [1.54, 1.807) is 22.5 Å². The third-order valence-corrected chi connectivity index (χ3v) is 3.05. The third kappa shape index (κ3) is 3.07. The SMILES string of the molecule is CC(C)n1cc(NC(=O)Cc2csc(N)n2)cn1. The largest absolute Gasteiger partial charge is 0.375 e. The van der Waals surface area contributed by atoms with Crippen LogP contribution in [0.25, 0.3) is 0 Å². The molecule has 0 radical (unpaired) electrons. The van der Waals surface area contributed by atoms with E-state index in [-0.39, 0.29) is 18.4 Å². The molecule has 2 aromatic heterocycles. The minimum absolute atomic E-state index is 0.122. The molecule has 0 saturated heterocycles. The fourth-order valence-electron chi connectivity index (χ4n) is 1.46. The Morgan fingerprint density at radius 2 is 2.39 bits per heavy atom. The van der Waals surface area contributed by atoms with Crippen LogP contribution in [0.5, 0.6) is 0 Å². The number of carbonyl (C=O) groups excluding carboxylic acids is 1. The normalized spacial score (nSPS) is 10.8. The summed E-state index contributed by atoms with van der Waals surface area (Å²) in [7, 11) is 0. The van der Waals surface area contributed by atoms with Crippen LogP contribution < -0.4 is 11.1 Å². The monoisotopic (exact) mass is 265 g/mol. The summed E-state index contributed by atoms with van der Waals surface area (Å²) in [5, 5.41) is 9.19. The molecule has 0 aliphatic carbocycles. The van der Waals surface area contributed by atoms with Crippen LogP contribution in [0, 0.1) is 0 Å². The van der Waals surface area contributed by atoms with Crippen molar-refractivity contribution in [3.63, 3.8) is 0 Å². The van der Waals surface area contributed by atoms with Crippen molar-refractivity contribution in [2.24, 2.45) is 0 Å². The lowest BCUT2D eigenvalue weighted by Crippen LogP contribution is -2.14. The highest BCUT2D eigenvalue weighted by Gasteiger charge is 2.09. The molecule has 0 aliphatic heterocycles. The Balaban J connectivity index is 1.94. The first-order chi connectivity index (χ1) is 8.54. The van der Waals surface area contributed by atoms with Crippen molar-refractivity contribution in [3.05, 3.63) is 23.5 Å². The van der Waals surface area contributed by atoms with E-state index in [1.807, 2.05) is 13.8 Å². The van der Waals surface area contributed by atoms with E-state index in [2.05, 4.69) is 15.4 Å². The van der Waals surface area contributed by atoms with Crippen LogP contribution in [-0.4, -0.2) is 20.7 Å². The summed E-state index contributed by atoms with van der Waals surface area (Å²) in [6.07, 6.45) is 3.66. The number of anilines is 2. The average Bonchev–Trinajstić information content (AvgIpc) is 2.88. The number of hydrogen-bond donors (Lipinski definition) is 2. The lowest BCUT2D eigenvalue weighted by Gasteiger charge is -2.03. The first kappa shape index (κ1) is 12.6. The average molecular weight is 265 g/mol. The fourth-order valence-corrected chi connectivity index (χ4v) is 2.02. The van der Waals surface area contributed by atoms with Crippen LogP contribution in [0.2, 0.25) is 0 Å². The first-order valence-corrected chi connectivity index (χ1v) is 6.46. The molecule has 0 aliphatic rings. The van der Waals surface area contributed by atoms with Crippen molar-refractivity contribution >= 4 is 28.1 Å². The summed E-state index contributed by atoms with van der Waals surface area (Å²) in [5.41, 5.74) is 6.88. The maximum absolute atomic E-state index is 11.7. The zero-order valence-corrected chi connectivity index (χ0v) is 11.1. The Hall–Kier alpha value is -1.89. The quantitative estimate of drug-likeness (QED) is 0.880. The number of carbonyl (C=O) groups is 1. The standard InChI is InChI=1S/C11H15N5OS/c1-7(2)16-5-9(4-13-16)14-10(17)3-8-6-18-11(12)15-8/h4-7H,3H2,1-2H3,(H2,12,15)(H,14,17). The number of nitrogen functional groups attached to an aromatic ring is 1. The molecule has 96 valence electrons. The lowest BCUT2D eigenvalue weighted by atomic mass is 10.3. The van der Waals surface area contributed by atoms with Gasteiger partial charge in [0.05, 0.1) is 24.0 Å². The van der Waals surface area contributed by atoms with Gasteiger partial charge in [-0.3, -0.25) is 9.48 Å². The van der Waals surface area contributed by atoms with Crippen molar-refractivity contribution in [3.8, 4) is 0 Å². The number of aromatic nitrogens is 3. The second kappa shape index (κ2) is 5.18. The van der Waals surface area contributed by atoms with Gasteiger partial charge >= 0.3 is 0 Å². The van der Waals surface area contributed by atoms with E-state index in [1.165, 1.54) is 11.3 Å². The molecular weight excluding hydrogens is 250 g/mol. The van der Waals surface area contributed by atoms with Gasteiger partial charge in [0, 0.05) is 17.6 Å². The van der Waals surface area contributed by atoms with Crippen LogP contribution in [-0.2, 0) is 11.2 Å². The molecule has 2 aromatic rings. The zero-order chi connectivity index (χ0) is 13.1. The predicted octanol–water partition coefficient (Wildman–Crippen LogP) is 1.68. The fraction of sp³-hybridized carbons (Fsp3) is 0.364. The van der Waals surface area contributed by atoms with Gasteiger partial charge in [-0.15, -0.1) is 11.3 Å². The summed E-state index contributed by atoms with van der Waals surface area (Å²) in [6.45, 7) is 4.05. The van der Waals surface area contributed by atoms with Gasteiger partial charge < -0.3 is 11.1 Å². The minimum Gasteiger partial charge on any atom is -0.375 e. The zero-order valence-electron chi connectivity index (χ0n) is 10.3. The van der Waals surface area contributed by atoms with Crippen LogP contribution in [0.4, 0.5) is 10.8 Å². The molecule has 0 saturated carbocycles. The molecule has 3 N–H and O–H groups in total. The summed E-state index contributed by atoms with van der Waals surface area (Å²) < 4.78 is 1.79. The molecule has 0 fully saturated rings. The lowest BCUT2D eigenvalue weighted by molar-refractivity contribution is -0.115. The second-order valence-electron chi connectivity index (χ2n) is 4.20. The van der Waals surface area contributed by atoms with Crippen LogP contribution in [0.1, 0.15) is 25.6 Å². The van der Waals surface area contributed by atoms with E-state index in [9.17, 15) is 4.79 Å². The molecule has 7 heteroatoms. The van der Waals surface area contributed by atoms with Crippen molar-refractivity contribution in [2.75, 3.05) is 11.1 Å². The molecule has 18 heavy (non-hydrogen) atoms. The van der Waals surface area contributed by atoms with Gasteiger partial charge in [0.2, 0.25) is 5.91 Å². The molecule has 2 rings (SSSR count). The summed E-state index contributed by atoms with van der Waals surface area (Å²) in [5.74, 6) is -0.122. The summed E-state index contributed by atoms with van der Waals surface area (Å²) >= 11 is 1.33. The number of hydrogen-bond acceptors (Lipinski definition) is 5. The van der Waals surface area contributed by atoms with Gasteiger partial charge in [-0.25, -0.2) is 4.98 Å². The Morgan fingerprint density at radius 1 is 1.61 bits per heavy atom. The van der Waals surface area contributed by atoms with Crippen LogP contribution >= 0.6 is 11.3 Å². The second-order valence-corrected chi connectivity index (χ2v) is 5.09. The first-order valence-electron chi connectivity index (χ1n) is 5.58. The minimum atomic E-state index is -0.122. The molecule has 0 aromatic carbocycles. The van der Waals surface area contributed by atoms with Gasteiger partial charge in [0.15, 0.2) is 5.13 Å². The van der Waals surface area contributed by atoms with Crippen molar-refractivity contribution < 1.29 is 4.79 Å². The Morgan fingerprint density at radius 3 is 2.94 bits per heavy atom. The number of nitrogens with two attached hydrogens (primary N) is 1. The molecule has 0 bridgehead atoms. The van der Waals surface area contributed by atoms with E-state index in [0.717, 1.165) is 0 Å². The van der Waals surface area contributed by atoms with Crippen molar-refractivity contribution in [2.45, 2.75) is 26.3 Å². The molecule has 6 nitrogen and oxygen atoms in total. The maximum atomic E-state index is 11.7. The highest BCUT2D eigenvalue weighted by Crippen LogP contribution is 2.13. The van der Waals surface area contributed by atoms with Gasteiger partial charge in [-0.05, 0) is 13.8 Å². The molecular formula is C11H15N5OS. The number of rotatable bonds is 4. The molecule has 1 amide bonds. The van der Waals surface area contributed by atoms with Crippen molar-refractivity contribution in [1.29, 1.82) is 0 Å². The molecule has 0 spiro atoms. The number of nitrogens with one attached hydrogen (secondary N) is 1. The van der Waals surface area contributed by atoms with E-state index in [0.29, 0.717) is 16.5 Å². The highest BCUT2D eigenvalue weighted by molar-refractivity contribution is 7.13. The number of thiazole rings is 1. The Bertz CT molecular complexity index is 545. The maximum Gasteiger partial charge on any atom is 0.230 e. The smallest absolute Gasteiger partial charge is 0.230 e. The van der Waals surface area contributed by atoms with Gasteiger partial charge in [-0.2, -0.15) is 5.10 Å². The summed E-state index contributed by atoms with van der Waals surface area (Å²) in [6, 6.07) is 0.272. The Labute approximate surface area is 109 Å². The van der Waals surface area contributed by atoms with E-state index in [4.69, 9.17) is 5.73 Å². The summed E-state index contributed by atoms with van der Waals surface area (Å²) in [4.78, 5) is 15.8. The highest BCUT2D eigenvalue weighted by atomic mass is 32.1. The van der Waals surface area contributed by atoms with Gasteiger partial charge in [0.25, 0.3) is 0 Å². The number of nitrogens with zero attached hydrogens (tertiary/aromatic N) is 3. The van der Waals surface area contributed by atoms with E-state index >= 15 is 0 Å². The third-order valence-electron chi connectivity index (χ3n) is 2.33. The predicted molar refractivity (Wildman–Crippen MR) is 71.5 cm³/mol. The Kier molecular flexibility index (Phi) is 3.61. The van der Waals surface area contributed by atoms with Gasteiger partial charge in [0.1, 0.15) is 0 Å². The topological polar surface area (TPSA) is 85.8 Å².